The normalized spacial score (nSPS) is 6.04. The summed E-state index contributed by atoms with van der Waals surface area (Å²) in [5.41, 5.74) is 0. The third-order valence-electron chi connectivity index (χ3n) is 1.61. The first-order valence-corrected chi connectivity index (χ1v) is 7.97. The molecule has 0 amide bonds. The Bertz CT molecular complexity index is 1070. The summed E-state index contributed by atoms with van der Waals surface area (Å²) in [6.45, 7) is 0. The molecule has 0 heterocycles. The van der Waals surface area contributed by atoms with E-state index in [1.54, 1.807) is 0 Å². The van der Waals surface area contributed by atoms with E-state index in [9.17, 15) is 4.57 Å². The predicted molar refractivity (Wildman–Crippen MR) is 98.7 cm³/mol. The van der Waals surface area contributed by atoms with Crippen molar-refractivity contribution >= 4 is 7.60 Å². The monoisotopic (exact) mass is 351 g/mol. The van der Waals surface area contributed by atoms with Gasteiger partial charge in [-0.05, 0) is 41.4 Å². The van der Waals surface area contributed by atoms with Gasteiger partial charge in [0.2, 0.25) is 0 Å². The predicted octanol–water partition coefficient (Wildman–Crippen LogP) is 0.556. The van der Waals surface area contributed by atoms with Gasteiger partial charge in [-0.15, -0.1) is 19.3 Å². The van der Waals surface area contributed by atoms with Gasteiger partial charge in [0, 0.05) is 47.5 Å². The van der Waals surface area contributed by atoms with E-state index in [4.69, 9.17) is 28.3 Å². The van der Waals surface area contributed by atoms with Crippen molar-refractivity contribution in [3.63, 3.8) is 0 Å². The SMILES string of the molecule is C#CC#CC#CC#COP(=O)(CNC#CC#C)OC#CC#CC#CC#C. The van der Waals surface area contributed by atoms with Crippen LogP contribution in [0.3, 0.4) is 0 Å². The van der Waals surface area contributed by atoms with E-state index >= 15 is 0 Å². The number of terminal acetylenes is 3. The van der Waals surface area contributed by atoms with E-state index < -0.39 is 7.60 Å². The first-order chi connectivity index (χ1) is 12.7. The van der Waals surface area contributed by atoms with Gasteiger partial charge in [-0.3, -0.25) is 0 Å². The van der Waals surface area contributed by atoms with Crippen molar-refractivity contribution in [2.24, 2.45) is 0 Å². The van der Waals surface area contributed by atoms with Crippen molar-refractivity contribution in [3.05, 3.63) is 0 Å². The molecular formula is C21H6NO3P. The van der Waals surface area contributed by atoms with E-state index in [0.717, 1.165) is 0 Å². The van der Waals surface area contributed by atoms with E-state index in [1.165, 1.54) is 0 Å². The minimum atomic E-state index is -3.78. The molecule has 0 aromatic carbocycles. The molecule has 0 atom stereocenters. The summed E-state index contributed by atoms with van der Waals surface area (Å²) in [4.78, 5) is 0. The van der Waals surface area contributed by atoms with Gasteiger partial charge in [0.05, 0.1) is 0 Å². The molecular weight excluding hydrogens is 345 g/mol. The molecule has 0 aliphatic rings. The Balaban J connectivity index is 5.07. The minimum absolute atomic E-state index is 0.334. The molecule has 0 saturated carbocycles. The molecule has 0 bridgehead atoms. The third-order valence-corrected chi connectivity index (χ3v) is 2.90. The van der Waals surface area contributed by atoms with Gasteiger partial charge in [-0.25, -0.2) is 4.57 Å². The molecule has 0 aromatic rings. The van der Waals surface area contributed by atoms with Gasteiger partial charge in [0.25, 0.3) is 0 Å². The molecule has 4 nitrogen and oxygen atoms in total. The Labute approximate surface area is 153 Å². The van der Waals surface area contributed by atoms with Gasteiger partial charge in [0.15, 0.2) is 0 Å². The highest BCUT2D eigenvalue weighted by Gasteiger charge is 2.25. The highest BCUT2D eigenvalue weighted by atomic mass is 31.2. The summed E-state index contributed by atoms with van der Waals surface area (Å²) in [7, 11) is -3.78. The zero-order valence-corrected chi connectivity index (χ0v) is 14.0. The van der Waals surface area contributed by atoms with E-state index in [1.807, 2.05) is 0 Å². The van der Waals surface area contributed by atoms with Crippen LogP contribution in [-0.2, 0) is 13.6 Å². The molecule has 0 radical (unpaired) electrons. The van der Waals surface area contributed by atoms with Gasteiger partial charge in [-0.2, -0.15) is 0 Å². The summed E-state index contributed by atoms with van der Waals surface area (Å²) in [6, 6.07) is 2.35. The lowest BCUT2D eigenvalue weighted by Gasteiger charge is -2.10. The van der Waals surface area contributed by atoms with E-state index in [2.05, 4.69) is 106 Å². The fourth-order valence-electron chi connectivity index (χ4n) is 0.795. The second-order valence-electron chi connectivity index (χ2n) is 3.27. The Hall–Kier alpha value is -4.77. The summed E-state index contributed by atoms with van der Waals surface area (Å²) >= 11 is 0. The highest BCUT2D eigenvalue weighted by Crippen LogP contribution is 2.46. The molecule has 0 aliphatic carbocycles. The third kappa shape index (κ3) is 12.9. The highest BCUT2D eigenvalue weighted by molar-refractivity contribution is 7.54. The first kappa shape index (κ1) is 21.2. The smallest absolute Gasteiger partial charge is 0.360 e. The Morgan fingerprint density at radius 1 is 0.654 bits per heavy atom. The minimum Gasteiger partial charge on any atom is -0.360 e. The molecule has 1 N–H and O–H groups in total. The maximum atomic E-state index is 12.4. The Kier molecular flexibility index (Phi) is 12.4. The van der Waals surface area contributed by atoms with Gasteiger partial charge in [0.1, 0.15) is 18.5 Å². The van der Waals surface area contributed by atoms with Crippen LogP contribution < -0.4 is 5.32 Å². The maximum absolute atomic E-state index is 12.4. The molecule has 0 aliphatic heterocycles. The summed E-state index contributed by atoms with van der Waals surface area (Å²) in [5.74, 6) is 31.5. The largest absolute Gasteiger partial charge is 0.466 e. The van der Waals surface area contributed by atoms with Crippen molar-refractivity contribution in [1.29, 1.82) is 0 Å². The quantitative estimate of drug-likeness (QED) is 0.457. The molecule has 0 unspecified atom stereocenters. The van der Waals surface area contributed by atoms with Crippen LogP contribution in [0.2, 0.25) is 0 Å². The Morgan fingerprint density at radius 3 is 1.54 bits per heavy atom. The van der Waals surface area contributed by atoms with Crippen LogP contribution in [0.25, 0.3) is 0 Å². The van der Waals surface area contributed by atoms with Crippen molar-refractivity contribution < 1.29 is 13.6 Å². The second-order valence-corrected chi connectivity index (χ2v) is 5.17. The standard InChI is InChI=1S/C21H6NO3P/c1-4-7-10-12-14-16-19-24-26(23,21-22-18-9-6-3)25-20-17-15-13-11-8-5-2/h1-3,22H,21H2. The van der Waals surface area contributed by atoms with Gasteiger partial charge in [-0.1, -0.05) is 0 Å². The molecule has 5 heteroatoms. The zero-order valence-electron chi connectivity index (χ0n) is 13.1. The molecule has 0 saturated heterocycles. The fraction of sp³-hybridized carbons (Fsp3) is 0.0476. The van der Waals surface area contributed by atoms with Crippen molar-refractivity contribution in [3.8, 4) is 120 Å². The summed E-state index contributed by atoms with van der Waals surface area (Å²) in [6.07, 6.45) is 18.7. The van der Waals surface area contributed by atoms with Crippen molar-refractivity contribution in [1.82, 2.24) is 5.32 Å². The zero-order chi connectivity index (χ0) is 19.3. The second kappa shape index (κ2) is 15.1. The lowest BCUT2D eigenvalue weighted by Crippen LogP contribution is -2.10. The molecule has 0 aromatic heterocycles. The summed E-state index contributed by atoms with van der Waals surface area (Å²) in [5, 5.41) is 2.45. The molecule has 26 heavy (non-hydrogen) atoms. The topological polar surface area (TPSA) is 47.6 Å². The van der Waals surface area contributed by atoms with Crippen molar-refractivity contribution in [2.75, 3.05) is 6.29 Å². The molecule has 118 valence electrons. The van der Waals surface area contributed by atoms with E-state index in [0.29, 0.717) is 0 Å². The van der Waals surface area contributed by atoms with Crippen LogP contribution in [0.5, 0.6) is 0 Å². The van der Waals surface area contributed by atoms with Crippen molar-refractivity contribution in [2.45, 2.75) is 0 Å². The van der Waals surface area contributed by atoms with E-state index in [-0.39, 0.29) is 6.29 Å². The molecule has 0 fully saturated rings. The molecule has 0 rings (SSSR count). The molecule has 0 spiro atoms. The maximum Gasteiger partial charge on any atom is 0.466 e. The summed E-state index contributed by atoms with van der Waals surface area (Å²) < 4.78 is 22.1. The number of rotatable bonds is 4. The number of hydrogen-bond acceptors (Lipinski definition) is 4. The lowest BCUT2D eigenvalue weighted by molar-refractivity contribution is 0.352. The lowest BCUT2D eigenvalue weighted by atomic mass is 10.5. The number of hydrogen-bond donors (Lipinski definition) is 1. The van der Waals surface area contributed by atoms with Crippen LogP contribution in [0.15, 0.2) is 0 Å². The first-order valence-electron chi connectivity index (χ1n) is 6.24. The van der Waals surface area contributed by atoms with Crippen LogP contribution in [0, 0.1) is 120 Å². The average Bonchev–Trinajstić information content (AvgIpc) is 2.64. The number of nitrogens with one attached hydrogen (secondary N) is 1. The Morgan fingerprint density at radius 2 is 1.08 bits per heavy atom. The van der Waals surface area contributed by atoms with Gasteiger partial charge >= 0.3 is 7.60 Å². The van der Waals surface area contributed by atoms with Crippen LogP contribution in [0.4, 0.5) is 0 Å². The average molecular weight is 351 g/mol. The van der Waals surface area contributed by atoms with Crippen LogP contribution in [0.1, 0.15) is 0 Å². The van der Waals surface area contributed by atoms with Crippen LogP contribution in [-0.4, -0.2) is 6.29 Å². The fourth-order valence-corrected chi connectivity index (χ4v) is 1.60. The van der Waals surface area contributed by atoms with Gasteiger partial charge < -0.3 is 14.4 Å². The van der Waals surface area contributed by atoms with Crippen LogP contribution >= 0.6 is 7.60 Å².